The van der Waals surface area contributed by atoms with E-state index in [4.69, 9.17) is 4.74 Å². The Morgan fingerprint density at radius 1 is 1.13 bits per heavy atom. The number of amides is 1. The van der Waals surface area contributed by atoms with E-state index in [9.17, 15) is 4.79 Å². The van der Waals surface area contributed by atoms with Crippen LogP contribution in [0.3, 0.4) is 0 Å². The fraction of sp³-hybridized carbons (Fsp3) is 0.360. The van der Waals surface area contributed by atoms with E-state index >= 15 is 0 Å². The van der Waals surface area contributed by atoms with Crippen LogP contribution in [0.5, 0.6) is 5.75 Å². The van der Waals surface area contributed by atoms with E-state index in [1.807, 2.05) is 45.2 Å². The van der Waals surface area contributed by atoms with E-state index < -0.39 is 0 Å². The Bertz CT molecular complexity index is 1040. The third kappa shape index (κ3) is 4.74. The van der Waals surface area contributed by atoms with Crippen LogP contribution in [0.4, 0.5) is 5.69 Å². The van der Waals surface area contributed by atoms with Crippen LogP contribution in [-0.2, 0) is 6.54 Å². The maximum absolute atomic E-state index is 13.2. The Kier molecular flexibility index (Phi) is 6.56. The predicted molar refractivity (Wildman–Crippen MR) is 127 cm³/mol. The van der Waals surface area contributed by atoms with Gasteiger partial charge in [0.2, 0.25) is 0 Å². The van der Waals surface area contributed by atoms with Gasteiger partial charge in [-0.15, -0.1) is 11.3 Å². The Morgan fingerprint density at radius 3 is 2.55 bits per heavy atom. The first-order chi connectivity index (χ1) is 15.1. The van der Waals surface area contributed by atoms with Crippen molar-refractivity contribution in [1.29, 1.82) is 0 Å². The van der Waals surface area contributed by atoms with Crippen LogP contribution >= 0.6 is 11.3 Å². The summed E-state index contributed by atoms with van der Waals surface area (Å²) in [5, 5.41) is 0.856. The van der Waals surface area contributed by atoms with E-state index in [1.54, 1.807) is 4.90 Å². The lowest BCUT2D eigenvalue weighted by molar-refractivity contribution is 0.0789. The highest BCUT2D eigenvalue weighted by atomic mass is 32.1. The van der Waals surface area contributed by atoms with E-state index in [1.165, 1.54) is 35.4 Å². The molecular formula is C25H29N3O2S. The number of thiazole rings is 1. The molecule has 4 rings (SSSR count). The topological polar surface area (TPSA) is 45.7 Å². The monoisotopic (exact) mass is 435 g/mol. The van der Waals surface area contributed by atoms with E-state index in [0.29, 0.717) is 18.0 Å². The Balaban J connectivity index is 1.51. The van der Waals surface area contributed by atoms with Gasteiger partial charge in [0.25, 0.3) is 5.91 Å². The second kappa shape index (κ2) is 9.52. The second-order valence-corrected chi connectivity index (χ2v) is 8.87. The number of carbonyl (C=O) groups excluding carboxylic acids is 1. The van der Waals surface area contributed by atoms with Crippen LogP contribution in [0.25, 0.3) is 10.6 Å². The molecule has 0 aliphatic carbocycles. The molecule has 1 saturated heterocycles. The molecule has 0 radical (unpaired) electrons. The summed E-state index contributed by atoms with van der Waals surface area (Å²) in [6.45, 7) is 7.29. The van der Waals surface area contributed by atoms with Crippen molar-refractivity contribution in [3.05, 3.63) is 64.7 Å². The zero-order valence-electron chi connectivity index (χ0n) is 18.4. The predicted octanol–water partition coefficient (Wildman–Crippen LogP) is 5.39. The molecule has 2 heterocycles. The molecule has 0 saturated carbocycles. The number of anilines is 1. The zero-order chi connectivity index (χ0) is 21.8. The summed E-state index contributed by atoms with van der Waals surface area (Å²) in [5.41, 5.74) is 4.21. The van der Waals surface area contributed by atoms with Crippen LogP contribution in [0.2, 0.25) is 0 Å². The largest absolute Gasteiger partial charge is 0.494 e. The van der Waals surface area contributed by atoms with Gasteiger partial charge >= 0.3 is 0 Å². The molecule has 0 bridgehead atoms. The fourth-order valence-corrected chi connectivity index (χ4v) is 5.06. The molecule has 2 aromatic carbocycles. The number of para-hydroxylation sites is 1. The summed E-state index contributed by atoms with van der Waals surface area (Å²) in [7, 11) is 1.87. The van der Waals surface area contributed by atoms with Gasteiger partial charge in [0.05, 0.1) is 12.3 Å². The third-order valence-electron chi connectivity index (χ3n) is 5.60. The SMILES string of the molecule is CCOc1ccc(-c2nc(C)c(C(=O)N(C)Cc3ccccc3N3CCCC3)s2)cc1. The molecule has 0 unspecified atom stereocenters. The van der Waals surface area contributed by atoms with Crippen molar-refractivity contribution >= 4 is 22.9 Å². The molecule has 0 N–H and O–H groups in total. The van der Waals surface area contributed by atoms with Gasteiger partial charge in [-0.05, 0) is 62.6 Å². The Labute approximate surface area is 188 Å². The van der Waals surface area contributed by atoms with Gasteiger partial charge in [-0.1, -0.05) is 18.2 Å². The molecule has 31 heavy (non-hydrogen) atoms. The minimum Gasteiger partial charge on any atom is -0.494 e. The average molecular weight is 436 g/mol. The molecular weight excluding hydrogens is 406 g/mol. The standard InChI is InChI=1S/C25H29N3O2S/c1-4-30-21-13-11-19(12-14-21)24-26-18(2)23(31-24)25(29)27(3)17-20-9-5-6-10-22(20)28-15-7-8-16-28/h5-6,9-14H,4,7-8,15-17H2,1-3H3. The van der Waals surface area contributed by atoms with Gasteiger partial charge in [0.15, 0.2) is 0 Å². The van der Waals surface area contributed by atoms with Gasteiger partial charge in [0.1, 0.15) is 15.6 Å². The maximum atomic E-state index is 13.2. The Hall–Kier alpha value is -2.86. The summed E-state index contributed by atoms with van der Waals surface area (Å²) in [6, 6.07) is 16.3. The molecule has 5 nitrogen and oxygen atoms in total. The highest BCUT2D eigenvalue weighted by Crippen LogP contribution is 2.31. The Morgan fingerprint density at radius 2 is 1.84 bits per heavy atom. The first-order valence-corrected chi connectivity index (χ1v) is 11.7. The molecule has 0 atom stereocenters. The summed E-state index contributed by atoms with van der Waals surface area (Å²) in [5.74, 6) is 0.857. The molecule has 1 aliphatic rings. The molecule has 162 valence electrons. The van der Waals surface area contributed by atoms with E-state index in [0.717, 1.165) is 35.1 Å². The minimum atomic E-state index is 0.0170. The van der Waals surface area contributed by atoms with Crippen molar-refractivity contribution in [2.75, 3.05) is 31.6 Å². The molecule has 1 fully saturated rings. The van der Waals surface area contributed by atoms with Crippen LogP contribution in [0.15, 0.2) is 48.5 Å². The first-order valence-electron chi connectivity index (χ1n) is 10.9. The number of rotatable bonds is 7. The number of aryl methyl sites for hydroxylation is 1. The van der Waals surface area contributed by atoms with Crippen molar-refractivity contribution in [3.8, 4) is 16.3 Å². The van der Waals surface area contributed by atoms with E-state index in [2.05, 4.69) is 34.1 Å². The van der Waals surface area contributed by atoms with Crippen LogP contribution in [0.1, 0.15) is 40.7 Å². The minimum absolute atomic E-state index is 0.0170. The molecule has 0 spiro atoms. The van der Waals surface area contributed by atoms with Crippen LogP contribution in [0, 0.1) is 6.92 Å². The highest BCUT2D eigenvalue weighted by molar-refractivity contribution is 7.17. The van der Waals surface area contributed by atoms with Gasteiger partial charge in [-0.25, -0.2) is 4.98 Å². The lowest BCUT2D eigenvalue weighted by Crippen LogP contribution is -2.28. The smallest absolute Gasteiger partial charge is 0.265 e. The van der Waals surface area contributed by atoms with Crippen LogP contribution < -0.4 is 9.64 Å². The average Bonchev–Trinajstić information content (AvgIpc) is 3.44. The van der Waals surface area contributed by atoms with Gasteiger partial charge < -0.3 is 14.5 Å². The zero-order valence-corrected chi connectivity index (χ0v) is 19.2. The number of carbonyl (C=O) groups is 1. The third-order valence-corrected chi connectivity index (χ3v) is 6.79. The quantitative estimate of drug-likeness (QED) is 0.499. The van der Waals surface area contributed by atoms with Crippen molar-refractivity contribution in [1.82, 2.24) is 9.88 Å². The second-order valence-electron chi connectivity index (χ2n) is 7.88. The molecule has 1 aromatic heterocycles. The molecule has 1 amide bonds. The number of hydrogen-bond acceptors (Lipinski definition) is 5. The lowest BCUT2D eigenvalue weighted by atomic mass is 10.1. The number of ether oxygens (including phenoxy) is 1. The molecule has 1 aliphatic heterocycles. The normalized spacial score (nSPS) is 13.5. The van der Waals surface area contributed by atoms with Gasteiger partial charge in [-0.3, -0.25) is 4.79 Å². The van der Waals surface area contributed by atoms with Crippen molar-refractivity contribution in [2.24, 2.45) is 0 Å². The van der Waals surface area contributed by atoms with Gasteiger partial charge in [-0.2, -0.15) is 0 Å². The maximum Gasteiger partial charge on any atom is 0.265 e. The highest BCUT2D eigenvalue weighted by Gasteiger charge is 2.22. The molecule has 6 heteroatoms. The number of hydrogen-bond donors (Lipinski definition) is 0. The summed E-state index contributed by atoms with van der Waals surface area (Å²) in [6.07, 6.45) is 2.47. The number of nitrogens with zero attached hydrogens (tertiary/aromatic N) is 3. The van der Waals surface area contributed by atoms with Crippen molar-refractivity contribution < 1.29 is 9.53 Å². The van der Waals surface area contributed by atoms with Crippen molar-refractivity contribution in [2.45, 2.75) is 33.2 Å². The van der Waals surface area contributed by atoms with Gasteiger partial charge in [0, 0.05) is 37.9 Å². The number of aromatic nitrogens is 1. The molecule has 3 aromatic rings. The summed E-state index contributed by atoms with van der Waals surface area (Å²) >= 11 is 1.45. The fourth-order valence-electron chi connectivity index (χ4n) is 3.99. The van der Waals surface area contributed by atoms with Crippen LogP contribution in [-0.4, -0.2) is 42.5 Å². The van der Waals surface area contributed by atoms with E-state index in [-0.39, 0.29) is 5.91 Å². The summed E-state index contributed by atoms with van der Waals surface area (Å²) < 4.78 is 5.52. The summed E-state index contributed by atoms with van der Waals surface area (Å²) in [4.78, 5) is 22.8. The lowest BCUT2D eigenvalue weighted by Gasteiger charge is -2.24. The van der Waals surface area contributed by atoms with Crippen molar-refractivity contribution in [3.63, 3.8) is 0 Å². The first kappa shape index (κ1) is 21.4. The number of benzene rings is 2.